The first kappa shape index (κ1) is 19.8. The van der Waals surface area contributed by atoms with Gasteiger partial charge in [-0.25, -0.2) is 10.4 Å². The number of aryl methyl sites for hydroxylation is 1. The number of aromatic nitrogens is 1. The lowest BCUT2D eigenvalue weighted by Crippen LogP contribution is -2.35. The van der Waals surface area contributed by atoms with Crippen molar-refractivity contribution in [3.8, 4) is 5.75 Å². The van der Waals surface area contributed by atoms with Crippen LogP contribution in [0.2, 0.25) is 0 Å². The predicted octanol–water partition coefficient (Wildman–Crippen LogP) is 4.23. The highest BCUT2D eigenvalue weighted by Crippen LogP contribution is 2.25. The van der Waals surface area contributed by atoms with E-state index in [1.165, 1.54) is 16.9 Å². The molecule has 0 aliphatic carbocycles. The molecule has 7 heteroatoms. The zero-order valence-corrected chi connectivity index (χ0v) is 17.0. The Morgan fingerprint density at radius 1 is 1.21 bits per heavy atom. The fourth-order valence-electron chi connectivity index (χ4n) is 2.61. The third kappa shape index (κ3) is 5.29. The maximum atomic E-state index is 12.3. The van der Waals surface area contributed by atoms with Crippen molar-refractivity contribution in [3.63, 3.8) is 0 Å². The van der Waals surface area contributed by atoms with Crippen molar-refractivity contribution >= 4 is 38.3 Å². The van der Waals surface area contributed by atoms with Crippen molar-refractivity contribution < 1.29 is 9.53 Å². The summed E-state index contributed by atoms with van der Waals surface area (Å²) in [6.07, 6.45) is 1.63. The van der Waals surface area contributed by atoms with Crippen LogP contribution in [-0.2, 0) is 11.2 Å². The number of benzene rings is 2. The standard InChI is InChI=1S/C21H24N4O2S/c1-14(8-9-16-10-12-17(27-3)13-11-16)24-25-20(26)15(2)22-21-23-18-6-4-5-7-19(18)28-21/h4-7,10-13,15H,8-9H2,1-3H3,(H,22,23)(H,25,26)/b24-14-/t15-/m1/s1. The Balaban J connectivity index is 1.48. The molecule has 0 aliphatic heterocycles. The molecule has 0 saturated heterocycles. The molecule has 2 aromatic carbocycles. The highest BCUT2D eigenvalue weighted by Gasteiger charge is 2.14. The first-order valence-corrected chi connectivity index (χ1v) is 9.95. The molecule has 0 aliphatic rings. The third-order valence-corrected chi connectivity index (χ3v) is 5.29. The lowest BCUT2D eigenvalue weighted by atomic mass is 10.1. The van der Waals surface area contributed by atoms with Crippen LogP contribution < -0.4 is 15.5 Å². The predicted molar refractivity (Wildman–Crippen MR) is 115 cm³/mol. The number of hydrogen-bond acceptors (Lipinski definition) is 6. The van der Waals surface area contributed by atoms with E-state index in [0.29, 0.717) is 0 Å². The highest BCUT2D eigenvalue weighted by atomic mass is 32.1. The average molecular weight is 397 g/mol. The monoisotopic (exact) mass is 396 g/mol. The van der Waals surface area contributed by atoms with Crippen molar-refractivity contribution in [1.82, 2.24) is 10.4 Å². The summed E-state index contributed by atoms with van der Waals surface area (Å²) in [7, 11) is 1.65. The number of methoxy groups -OCH3 is 1. The summed E-state index contributed by atoms with van der Waals surface area (Å²) < 4.78 is 6.25. The van der Waals surface area contributed by atoms with E-state index in [1.54, 1.807) is 14.0 Å². The number of thiazole rings is 1. The molecule has 6 nitrogen and oxygen atoms in total. The Morgan fingerprint density at radius 3 is 2.68 bits per heavy atom. The number of rotatable bonds is 8. The van der Waals surface area contributed by atoms with Gasteiger partial charge >= 0.3 is 0 Å². The SMILES string of the molecule is COc1ccc(CC/C(C)=N\NC(=O)[C@@H](C)Nc2nc3ccccc3s2)cc1. The van der Waals surface area contributed by atoms with Crippen LogP contribution in [0.1, 0.15) is 25.8 Å². The Hall–Kier alpha value is -2.93. The van der Waals surface area contributed by atoms with Gasteiger partial charge in [-0.2, -0.15) is 5.10 Å². The van der Waals surface area contributed by atoms with Crippen molar-refractivity contribution in [2.45, 2.75) is 32.7 Å². The summed E-state index contributed by atoms with van der Waals surface area (Å²) >= 11 is 1.53. The van der Waals surface area contributed by atoms with Gasteiger partial charge in [0.15, 0.2) is 5.13 Å². The molecular weight excluding hydrogens is 372 g/mol. The first-order valence-electron chi connectivity index (χ1n) is 9.13. The molecule has 28 heavy (non-hydrogen) atoms. The van der Waals surface area contributed by atoms with E-state index in [-0.39, 0.29) is 5.91 Å². The van der Waals surface area contributed by atoms with Gasteiger partial charge in [-0.3, -0.25) is 4.79 Å². The minimum Gasteiger partial charge on any atom is -0.497 e. The van der Waals surface area contributed by atoms with E-state index in [0.717, 1.165) is 39.7 Å². The number of hydrogen-bond donors (Lipinski definition) is 2. The molecule has 1 aromatic heterocycles. The second-order valence-corrected chi connectivity index (χ2v) is 7.55. The largest absolute Gasteiger partial charge is 0.497 e. The molecule has 0 fully saturated rings. The summed E-state index contributed by atoms with van der Waals surface area (Å²) in [4.78, 5) is 16.8. The third-order valence-electron chi connectivity index (χ3n) is 4.32. The number of anilines is 1. The van der Waals surface area contributed by atoms with Crippen LogP contribution in [0.3, 0.4) is 0 Å². The number of nitrogens with one attached hydrogen (secondary N) is 2. The van der Waals surface area contributed by atoms with Gasteiger partial charge in [-0.15, -0.1) is 0 Å². The van der Waals surface area contributed by atoms with E-state index >= 15 is 0 Å². The molecule has 0 radical (unpaired) electrons. The van der Waals surface area contributed by atoms with Crippen molar-refractivity contribution in [2.75, 3.05) is 12.4 Å². The van der Waals surface area contributed by atoms with E-state index < -0.39 is 6.04 Å². The van der Waals surface area contributed by atoms with Gasteiger partial charge in [0.25, 0.3) is 5.91 Å². The molecule has 1 heterocycles. The lowest BCUT2D eigenvalue weighted by Gasteiger charge is -2.11. The quantitative estimate of drug-likeness (QED) is 0.441. The minimum atomic E-state index is -0.432. The topological polar surface area (TPSA) is 75.6 Å². The van der Waals surface area contributed by atoms with Crippen LogP contribution in [0.5, 0.6) is 5.75 Å². The number of fused-ring (bicyclic) bond motifs is 1. The molecule has 146 valence electrons. The van der Waals surface area contributed by atoms with Crippen LogP contribution in [0.25, 0.3) is 10.2 Å². The van der Waals surface area contributed by atoms with Crippen molar-refractivity contribution in [3.05, 3.63) is 54.1 Å². The second-order valence-electron chi connectivity index (χ2n) is 6.52. The van der Waals surface area contributed by atoms with E-state index in [1.807, 2.05) is 55.5 Å². The summed E-state index contributed by atoms with van der Waals surface area (Å²) in [5.74, 6) is 0.652. The zero-order valence-electron chi connectivity index (χ0n) is 16.2. The molecular formula is C21H24N4O2S. The van der Waals surface area contributed by atoms with Gasteiger partial charge in [0.05, 0.1) is 17.3 Å². The van der Waals surface area contributed by atoms with E-state index in [9.17, 15) is 4.79 Å². The van der Waals surface area contributed by atoms with Crippen molar-refractivity contribution in [1.29, 1.82) is 0 Å². The molecule has 0 saturated carbocycles. The molecule has 3 rings (SSSR count). The number of hydrazone groups is 1. The first-order chi connectivity index (χ1) is 13.5. The molecule has 1 amide bonds. The molecule has 0 unspecified atom stereocenters. The number of carbonyl (C=O) groups is 1. The maximum Gasteiger partial charge on any atom is 0.262 e. The molecule has 3 aromatic rings. The fraction of sp³-hybridized carbons (Fsp3) is 0.286. The highest BCUT2D eigenvalue weighted by molar-refractivity contribution is 7.22. The maximum absolute atomic E-state index is 12.3. The van der Waals surface area contributed by atoms with E-state index in [4.69, 9.17) is 4.74 Å². The van der Waals surface area contributed by atoms with E-state index in [2.05, 4.69) is 20.8 Å². The molecule has 2 N–H and O–H groups in total. The minimum absolute atomic E-state index is 0.192. The number of para-hydroxylation sites is 1. The van der Waals surface area contributed by atoms with Gasteiger partial charge in [0.2, 0.25) is 0 Å². The van der Waals surface area contributed by atoms with Crippen LogP contribution in [0.15, 0.2) is 53.6 Å². The molecule has 0 bridgehead atoms. The summed E-state index contributed by atoms with van der Waals surface area (Å²) in [6, 6.07) is 15.4. The summed E-state index contributed by atoms with van der Waals surface area (Å²) in [5.41, 5.74) is 5.63. The molecule has 0 spiro atoms. The Kier molecular flexibility index (Phi) is 6.60. The van der Waals surface area contributed by atoms with Crippen molar-refractivity contribution in [2.24, 2.45) is 5.10 Å². The van der Waals surface area contributed by atoms with Gasteiger partial charge in [-0.1, -0.05) is 35.6 Å². The van der Waals surface area contributed by atoms with Crippen LogP contribution >= 0.6 is 11.3 Å². The number of ether oxygens (including phenoxy) is 1. The summed E-state index contributed by atoms with van der Waals surface area (Å²) in [6.45, 7) is 3.71. The van der Waals surface area contributed by atoms with Gasteiger partial charge in [0, 0.05) is 5.71 Å². The van der Waals surface area contributed by atoms with Gasteiger partial charge < -0.3 is 10.1 Å². The van der Waals surface area contributed by atoms with Crippen LogP contribution in [-0.4, -0.2) is 29.8 Å². The number of amides is 1. The zero-order chi connectivity index (χ0) is 19.9. The lowest BCUT2D eigenvalue weighted by molar-refractivity contribution is -0.121. The Labute approximate surface area is 168 Å². The Bertz CT molecular complexity index is 933. The Morgan fingerprint density at radius 2 is 1.96 bits per heavy atom. The molecule has 1 atom stereocenters. The fourth-order valence-corrected chi connectivity index (χ4v) is 3.56. The normalized spacial score (nSPS) is 12.6. The van der Waals surface area contributed by atoms with Crippen LogP contribution in [0.4, 0.5) is 5.13 Å². The number of carbonyl (C=O) groups excluding carboxylic acids is 1. The van der Waals surface area contributed by atoms with Gasteiger partial charge in [-0.05, 0) is 56.5 Å². The number of nitrogens with zero attached hydrogens (tertiary/aromatic N) is 2. The average Bonchev–Trinajstić information content (AvgIpc) is 3.13. The summed E-state index contributed by atoms with van der Waals surface area (Å²) in [5, 5.41) is 8.08. The smallest absolute Gasteiger partial charge is 0.262 e. The second kappa shape index (κ2) is 9.32. The van der Waals surface area contributed by atoms with Crippen LogP contribution in [0, 0.1) is 0 Å². The van der Waals surface area contributed by atoms with Gasteiger partial charge in [0.1, 0.15) is 11.8 Å².